The van der Waals surface area contributed by atoms with Gasteiger partial charge in [-0.25, -0.2) is 0 Å². The van der Waals surface area contributed by atoms with Gasteiger partial charge in [0, 0.05) is 6.54 Å². The van der Waals surface area contributed by atoms with E-state index in [4.69, 9.17) is 22.1 Å². The Kier molecular flexibility index (Phi) is 5.80. The molecule has 0 aliphatic carbocycles. The van der Waals surface area contributed by atoms with Crippen molar-refractivity contribution in [3.8, 4) is 5.75 Å². The van der Waals surface area contributed by atoms with Gasteiger partial charge in [0.2, 0.25) is 5.91 Å². The van der Waals surface area contributed by atoms with Crippen LogP contribution in [-0.2, 0) is 19.2 Å². The maximum absolute atomic E-state index is 12.8. The van der Waals surface area contributed by atoms with E-state index in [1.54, 1.807) is 37.5 Å². The van der Waals surface area contributed by atoms with Crippen LogP contribution in [0.4, 0.5) is 0 Å². The monoisotopic (exact) mass is 420 g/mol. The number of aliphatic carboxylic acids is 1. The fourth-order valence-electron chi connectivity index (χ4n) is 2.91. The van der Waals surface area contributed by atoms with Crippen molar-refractivity contribution in [1.29, 1.82) is 0 Å². The molecule has 1 aromatic rings. The Morgan fingerprint density at radius 3 is 2.61 bits per heavy atom. The average Bonchev–Trinajstić information content (AvgIpc) is 3.08. The summed E-state index contributed by atoms with van der Waals surface area (Å²) in [6.45, 7) is -0.222. The predicted octanol–water partition coefficient (Wildman–Crippen LogP) is 1.50. The molecule has 146 valence electrons. The molecule has 2 heterocycles. The van der Waals surface area contributed by atoms with E-state index in [-0.39, 0.29) is 23.7 Å². The van der Waals surface area contributed by atoms with Crippen LogP contribution in [0.3, 0.4) is 0 Å². The molecule has 2 saturated heterocycles. The molecule has 0 bridgehead atoms. The number of amides is 3. The third-order valence-corrected chi connectivity index (χ3v) is 5.65. The van der Waals surface area contributed by atoms with Crippen LogP contribution in [0.1, 0.15) is 18.4 Å². The number of thiocarbonyl (C=S) groups is 1. The molecular weight excluding hydrogens is 404 g/mol. The van der Waals surface area contributed by atoms with E-state index in [1.165, 1.54) is 0 Å². The molecule has 10 heteroatoms. The van der Waals surface area contributed by atoms with Gasteiger partial charge in [-0.1, -0.05) is 36.1 Å². The van der Waals surface area contributed by atoms with Crippen LogP contribution in [0.25, 0.3) is 6.08 Å². The molecule has 2 aliphatic rings. The van der Waals surface area contributed by atoms with Gasteiger partial charge in [0.1, 0.15) is 16.1 Å². The number of nitrogens with zero attached hydrogens (tertiary/aromatic N) is 2. The Hall–Kier alpha value is -2.72. The van der Waals surface area contributed by atoms with E-state index < -0.39 is 29.7 Å². The van der Waals surface area contributed by atoms with E-state index >= 15 is 0 Å². The summed E-state index contributed by atoms with van der Waals surface area (Å²) in [7, 11) is 1.56. The second kappa shape index (κ2) is 8.11. The molecule has 2 fully saturated rings. The van der Waals surface area contributed by atoms with E-state index in [1.807, 2.05) is 0 Å². The summed E-state index contributed by atoms with van der Waals surface area (Å²) in [4.78, 5) is 50.6. The quantitative estimate of drug-likeness (QED) is 0.419. The number of imide groups is 1. The smallest absolute Gasteiger partial charge is 0.305 e. The minimum atomic E-state index is -1.11. The Bertz CT molecular complexity index is 896. The molecule has 8 nitrogen and oxygen atoms in total. The maximum Gasteiger partial charge on any atom is 0.305 e. The highest BCUT2D eigenvalue weighted by atomic mass is 32.2. The zero-order valence-corrected chi connectivity index (χ0v) is 16.4. The average molecular weight is 420 g/mol. The summed E-state index contributed by atoms with van der Waals surface area (Å²) < 4.78 is 5.29. The second-order valence-electron chi connectivity index (χ2n) is 6.07. The van der Waals surface area contributed by atoms with Gasteiger partial charge in [-0.2, -0.15) is 0 Å². The Balaban J connectivity index is 1.78. The number of rotatable bonds is 6. The number of thioether (sulfide) groups is 1. The molecule has 3 amide bonds. The van der Waals surface area contributed by atoms with Crippen molar-refractivity contribution in [3.63, 3.8) is 0 Å². The molecule has 1 atom stereocenters. The summed E-state index contributed by atoms with van der Waals surface area (Å²) in [6, 6.07) is 6.04. The van der Waals surface area contributed by atoms with Gasteiger partial charge in [0.15, 0.2) is 0 Å². The summed E-state index contributed by atoms with van der Waals surface area (Å²) in [5.41, 5.74) is 0.762. The first-order chi connectivity index (χ1) is 13.3. The zero-order valence-electron chi connectivity index (χ0n) is 14.8. The molecule has 2 aliphatic heterocycles. The molecule has 0 saturated carbocycles. The van der Waals surface area contributed by atoms with Gasteiger partial charge in [0.05, 0.1) is 24.9 Å². The molecule has 0 aromatic heterocycles. The van der Waals surface area contributed by atoms with Crippen LogP contribution in [-0.4, -0.2) is 62.6 Å². The predicted molar refractivity (Wildman–Crippen MR) is 105 cm³/mol. The summed E-state index contributed by atoms with van der Waals surface area (Å²) in [5.74, 6) is -1.99. The van der Waals surface area contributed by atoms with E-state index in [9.17, 15) is 19.2 Å². The Morgan fingerprint density at radius 1 is 1.32 bits per heavy atom. The molecule has 0 spiro atoms. The first-order valence-electron chi connectivity index (χ1n) is 8.29. The van der Waals surface area contributed by atoms with Gasteiger partial charge in [-0.3, -0.25) is 29.0 Å². The van der Waals surface area contributed by atoms with Crippen LogP contribution in [0.2, 0.25) is 0 Å². The molecule has 3 rings (SSSR count). The molecular formula is C18H16N2O6S2. The highest BCUT2D eigenvalue weighted by Crippen LogP contribution is 2.36. The Labute approximate surface area is 170 Å². The fraction of sp³-hybridized carbons (Fsp3) is 0.278. The highest BCUT2D eigenvalue weighted by Gasteiger charge is 2.48. The number of hydrogen-bond acceptors (Lipinski definition) is 7. The van der Waals surface area contributed by atoms with Crippen molar-refractivity contribution in [2.45, 2.75) is 18.9 Å². The first kappa shape index (κ1) is 20.0. The van der Waals surface area contributed by atoms with Gasteiger partial charge in [0.25, 0.3) is 11.8 Å². The number of carboxylic acid groups (broad SMARTS) is 1. The SMILES string of the molecule is COc1ccc(/C=C2\SC(=S)N(C3CC(=O)N(CCC(=O)O)C3=O)C2=O)cc1. The highest BCUT2D eigenvalue weighted by molar-refractivity contribution is 8.26. The van der Waals surface area contributed by atoms with Crippen molar-refractivity contribution in [2.75, 3.05) is 13.7 Å². The van der Waals surface area contributed by atoms with Gasteiger partial charge in [-0.15, -0.1) is 0 Å². The van der Waals surface area contributed by atoms with E-state index in [2.05, 4.69) is 0 Å². The van der Waals surface area contributed by atoms with Crippen LogP contribution in [0.15, 0.2) is 29.2 Å². The molecule has 1 unspecified atom stereocenters. The second-order valence-corrected chi connectivity index (χ2v) is 7.75. The van der Waals surface area contributed by atoms with Crippen molar-refractivity contribution in [1.82, 2.24) is 9.80 Å². The number of carbonyl (C=O) groups is 4. The van der Waals surface area contributed by atoms with Gasteiger partial charge in [-0.05, 0) is 23.8 Å². The van der Waals surface area contributed by atoms with E-state index in [0.29, 0.717) is 10.7 Å². The van der Waals surface area contributed by atoms with Gasteiger partial charge >= 0.3 is 5.97 Å². The molecule has 28 heavy (non-hydrogen) atoms. The number of likely N-dealkylation sites (tertiary alicyclic amines) is 1. The van der Waals surface area contributed by atoms with Crippen LogP contribution >= 0.6 is 24.0 Å². The molecule has 0 radical (unpaired) electrons. The number of methoxy groups -OCH3 is 1. The van der Waals surface area contributed by atoms with Crippen LogP contribution in [0, 0.1) is 0 Å². The lowest BCUT2D eigenvalue weighted by Gasteiger charge is -2.21. The van der Waals surface area contributed by atoms with Crippen molar-refractivity contribution in [2.24, 2.45) is 0 Å². The Morgan fingerprint density at radius 2 is 2.00 bits per heavy atom. The summed E-state index contributed by atoms with van der Waals surface area (Å²) in [5, 5.41) is 8.76. The number of hydrogen-bond donors (Lipinski definition) is 1. The maximum atomic E-state index is 12.8. The lowest BCUT2D eigenvalue weighted by atomic mass is 10.2. The third-order valence-electron chi connectivity index (χ3n) is 4.32. The van der Waals surface area contributed by atoms with Crippen LogP contribution in [0.5, 0.6) is 5.75 Å². The molecule has 1 aromatic carbocycles. The topological polar surface area (TPSA) is 104 Å². The molecule has 1 N–H and O–H groups in total. The number of carbonyl (C=O) groups excluding carboxylic acids is 3. The standard InChI is InChI=1S/C18H16N2O6S2/c1-26-11-4-2-10(3-5-11)8-13-17(25)20(18(27)28-13)12-9-14(21)19(16(12)24)7-6-15(22)23/h2-5,8,12H,6-7,9H2,1H3,(H,22,23)/b13-8-. The lowest BCUT2D eigenvalue weighted by Crippen LogP contribution is -2.44. The largest absolute Gasteiger partial charge is 0.497 e. The number of ether oxygens (including phenoxy) is 1. The van der Waals surface area contributed by atoms with Crippen molar-refractivity contribution < 1.29 is 29.0 Å². The van der Waals surface area contributed by atoms with Crippen LogP contribution < -0.4 is 4.74 Å². The fourth-order valence-corrected chi connectivity index (χ4v) is 4.27. The summed E-state index contributed by atoms with van der Waals surface area (Å²) >= 11 is 6.31. The number of carboxylic acids is 1. The van der Waals surface area contributed by atoms with E-state index in [0.717, 1.165) is 27.1 Å². The first-order valence-corrected chi connectivity index (χ1v) is 9.51. The zero-order chi connectivity index (χ0) is 20.4. The minimum absolute atomic E-state index is 0.191. The normalized spacial score (nSPS) is 21.2. The van der Waals surface area contributed by atoms with Crippen molar-refractivity contribution in [3.05, 3.63) is 34.7 Å². The van der Waals surface area contributed by atoms with Gasteiger partial charge < -0.3 is 9.84 Å². The number of benzene rings is 1. The third kappa shape index (κ3) is 3.92. The minimum Gasteiger partial charge on any atom is -0.497 e. The summed E-state index contributed by atoms with van der Waals surface area (Å²) in [6.07, 6.45) is 1.10. The lowest BCUT2D eigenvalue weighted by molar-refractivity contribution is -0.142. The van der Waals surface area contributed by atoms with Crippen molar-refractivity contribution >= 4 is 58.1 Å².